The lowest BCUT2D eigenvalue weighted by atomic mass is 9.96. The van der Waals surface area contributed by atoms with Crippen LogP contribution in [0.5, 0.6) is 0 Å². The SMILES string of the molecule is CC1CNC/C(=C/CCC(=O)O)C1. The summed E-state index contributed by atoms with van der Waals surface area (Å²) in [7, 11) is 0. The van der Waals surface area contributed by atoms with E-state index in [1.807, 2.05) is 0 Å². The topological polar surface area (TPSA) is 49.3 Å². The molecule has 13 heavy (non-hydrogen) atoms. The monoisotopic (exact) mass is 183 g/mol. The van der Waals surface area contributed by atoms with Crippen LogP contribution in [0.25, 0.3) is 0 Å². The molecule has 0 aromatic heterocycles. The number of piperidine rings is 1. The second-order valence-corrected chi connectivity index (χ2v) is 3.73. The summed E-state index contributed by atoms with van der Waals surface area (Å²) in [5.41, 5.74) is 1.36. The third-order valence-corrected chi connectivity index (χ3v) is 2.25. The van der Waals surface area contributed by atoms with Gasteiger partial charge in [0.05, 0.1) is 0 Å². The van der Waals surface area contributed by atoms with Crippen LogP contribution in [-0.2, 0) is 4.79 Å². The quantitative estimate of drug-likeness (QED) is 0.650. The fourth-order valence-electron chi connectivity index (χ4n) is 1.63. The van der Waals surface area contributed by atoms with E-state index in [-0.39, 0.29) is 6.42 Å². The first-order valence-corrected chi connectivity index (χ1v) is 4.79. The minimum Gasteiger partial charge on any atom is -0.481 e. The van der Waals surface area contributed by atoms with Crippen molar-refractivity contribution in [2.24, 2.45) is 5.92 Å². The van der Waals surface area contributed by atoms with Crippen molar-refractivity contribution >= 4 is 5.97 Å². The summed E-state index contributed by atoms with van der Waals surface area (Å²) >= 11 is 0. The Balaban J connectivity index is 2.28. The Morgan fingerprint density at radius 2 is 2.54 bits per heavy atom. The van der Waals surface area contributed by atoms with Gasteiger partial charge < -0.3 is 10.4 Å². The summed E-state index contributed by atoms with van der Waals surface area (Å²) < 4.78 is 0. The van der Waals surface area contributed by atoms with Crippen molar-refractivity contribution in [3.8, 4) is 0 Å². The summed E-state index contributed by atoms with van der Waals surface area (Å²) in [6.45, 7) is 4.22. The zero-order valence-corrected chi connectivity index (χ0v) is 8.05. The van der Waals surface area contributed by atoms with Crippen LogP contribution in [0.1, 0.15) is 26.2 Å². The second-order valence-electron chi connectivity index (χ2n) is 3.73. The molecule has 3 nitrogen and oxygen atoms in total. The van der Waals surface area contributed by atoms with Crippen molar-refractivity contribution in [1.29, 1.82) is 0 Å². The molecule has 1 atom stereocenters. The number of carboxylic acids is 1. The third kappa shape index (κ3) is 4.08. The van der Waals surface area contributed by atoms with Crippen LogP contribution < -0.4 is 5.32 Å². The molecule has 0 spiro atoms. The molecule has 1 aliphatic rings. The highest BCUT2D eigenvalue weighted by Gasteiger charge is 2.11. The van der Waals surface area contributed by atoms with Crippen molar-refractivity contribution in [2.75, 3.05) is 13.1 Å². The predicted molar refractivity (Wildman–Crippen MR) is 51.6 cm³/mol. The highest BCUT2D eigenvalue weighted by Crippen LogP contribution is 2.15. The van der Waals surface area contributed by atoms with Crippen molar-refractivity contribution in [3.05, 3.63) is 11.6 Å². The maximum Gasteiger partial charge on any atom is 0.303 e. The zero-order chi connectivity index (χ0) is 9.68. The smallest absolute Gasteiger partial charge is 0.303 e. The van der Waals surface area contributed by atoms with Gasteiger partial charge in [0.25, 0.3) is 0 Å². The van der Waals surface area contributed by atoms with E-state index in [0.717, 1.165) is 19.5 Å². The maximum absolute atomic E-state index is 10.3. The van der Waals surface area contributed by atoms with E-state index in [4.69, 9.17) is 5.11 Å². The second kappa shape index (κ2) is 5.02. The summed E-state index contributed by atoms with van der Waals surface area (Å²) in [6, 6.07) is 0. The van der Waals surface area contributed by atoms with Gasteiger partial charge in [-0.15, -0.1) is 0 Å². The van der Waals surface area contributed by atoms with E-state index in [0.29, 0.717) is 12.3 Å². The van der Waals surface area contributed by atoms with E-state index < -0.39 is 5.97 Å². The third-order valence-electron chi connectivity index (χ3n) is 2.25. The first kappa shape index (κ1) is 10.3. The summed E-state index contributed by atoms with van der Waals surface area (Å²) in [5.74, 6) is -0.0292. The van der Waals surface area contributed by atoms with Crippen molar-refractivity contribution in [3.63, 3.8) is 0 Å². The van der Waals surface area contributed by atoms with Gasteiger partial charge in [-0.05, 0) is 25.3 Å². The van der Waals surface area contributed by atoms with Gasteiger partial charge >= 0.3 is 5.97 Å². The standard InChI is InChI=1S/C10H17NO2/c1-8-5-9(7-11-6-8)3-2-4-10(12)13/h3,8,11H,2,4-7H2,1H3,(H,12,13)/b9-3+. The Bertz CT molecular complexity index is 211. The summed E-state index contributed by atoms with van der Waals surface area (Å²) in [4.78, 5) is 10.3. The van der Waals surface area contributed by atoms with Crippen molar-refractivity contribution in [2.45, 2.75) is 26.2 Å². The number of allylic oxidation sites excluding steroid dienone is 1. The highest BCUT2D eigenvalue weighted by molar-refractivity contribution is 5.66. The molecule has 1 heterocycles. The lowest BCUT2D eigenvalue weighted by Gasteiger charge is -2.21. The number of hydrogen-bond acceptors (Lipinski definition) is 2. The first-order valence-electron chi connectivity index (χ1n) is 4.79. The van der Waals surface area contributed by atoms with E-state index in [1.54, 1.807) is 0 Å². The van der Waals surface area contributed by atoms with Crippen LogP contribution in [0.15, 0.2) is 11.6 Å². The fourth-order valence-corrected chi connectivity index (χ4v) is 1.63. The van der Waals surface area contributed by atoms with Gasteiger partial charge in [0.1, 0.15) is 0 Å². The van der Waals surface area contributed by atoms with Gasteiger partial charge in [-0.2, -0.15) is 0 Å². The molecule has 0 aromatic rings. The minimum absolute atomic E-state index is 0.248. The molecule has 0 aromatic carbocycles. The molecule has 0 bridgehead atoms. The molecule has 0 amide bonds. The van der Waals surface area contributed by atoms with E-state index in [2.05, 4.69) is 18.3 Å². The van der Waals surface area contributed by atoms with E-state index >= 15 is 0 Å². The average Bonchev–Trinajstić information content (AvgIpc) is 2.03. The van der Waals surface area contributed by atoms with E-state index in [1.165, 1.54) is 5.57 Å². The van der Waals surface area contributed by atoms with Gasteiger partial charge in [0.15, 0.2) is 0 Å². The molecule has 74 valence electrons. The van der Waals surface area contributed by atoms with Crippen molar-refractivity contribution < 1.29 is 9.90 Å². The lowest BCUT2D eigenvalue weighted by molar-refractivity contribution is -0.136. The number of rotatable bonds is 3. The zero-order valence-electron chi connectivity index (χ0n) is 8.05. The van der Waals surface area contributed by atoms with E-state index in [9.17, 15) is 4.79 Å². The molecule has 0 radical (unpaired) electrons. The molecule has 1 aliphatic heterocycles. The number of carbonyl (C=O) groups is 1. The van der Waals surface area contributed by atoms with Crippen LogP contribution in [0.3, 0.4) is 0 Å². The Morgan fingerprint density at radius 3 is 3.15 bits per heavy atom. The average molecular weight is 183 g/mol. The molecule has 1 fully saturated rings. The molecular weight excluding hydrogens is 166 g/mol. The minimum atomic E-state index is -0.714. The van der Waals surface area contributed by atoms with Gasteiger partial charge in [0, 0.05) is 13.0 Å². The molecule has 2 N–H and O–H groups in total. The number of carboxylic acid groups (broad SMARTS) is 1. The number of nitrogens with one attached hydrogen (secondary N) is 1. The van der Waals surface area contributed by atoms with Gasteiger partial charge in [-0.1, -0.05) is 18.6 Å². The van der Waals surface area contributed by atoms with Crippen molar-refractivity contribution in [1.82, 2.24) is 5.32 Å². The molecule has 0 saturated carbocycles. The summed E-state index contributed by atoms with van der Waals surface area (Å²) in [5, 5.41) is 11.8. The number of aliphatic carboxylic acids is 1. The predicted octanol–water partition coefficient (Wildman–Crippen LogP) is 1.41. The molecule has 0 aliphatic carbocycles. The van der Waals surface area contributed by atoms with Gasteiger partial charge in [0.2, 0.25) is 0 Å². The molecule has 3 heteroatoms. The molecule has 1 unspecified atom stereocenters. The van der Waals surface area contributed by atoms with Crippen LogP contribution in [0, 0.1) is 5.92 Å². The maximum atomic E-state index is 10.3. The molecule has 1 saturated heterocycles. The summed E-state index contributed by atoms with van der Waals surface area (Å²) in [6.07, 6.45) is 4.10. The normalized spacial score (nSPS) is 26.2. The van der Waals surface area contributed by atoms with Gasteiger partial charge in [-0.25, -0.2) is 0 Å². The Morgan fingerprint density at radius 1 is 1.77 bits per heavy atom. The molecular formula is C10H17NO2. The van der Waals surface area contributed by atoms with Crippen LogP contribution in [0.4, 0.5) is 0 Å². The number of hydrogen-bond donors (Lipinski definition) is 2. The Labute approximate surface area is 78.8 Å². The Kier molecular flexibility index (Phi) is 3.96. The Hall–Kier alpha value is -0.830. The molecule has 1 rings (SSSR count). The van der Waals surface area contributed by atoms with Gasteiger partial charge in [-0.3, -0.25) is 4.79 Å². The first-order chi connectivity index (χ1) is 6.18. The van der Waals surface area contributed by atoms with Crippen LogP contribution in [0.2, 0.25) is 0 Å². The fraction of sp³-hybridized carbons (Fsp3) is 0.700. The largest absolute Gasteiger partial charge is 0.481 e. The lowest BCUT2D eigenvalue weighted by Crippen LogP contribution is -2.29. The van der Waals surface area contributed by atoms with Crippen LogP contribution >= 0.6 is 0 Å². The highest BCUT2D eigenvalue weighted by atomic mass is 16.4. The van der Waals surface area contributed by atoms with Crippen LogP contribution in [-0.4, -0.2) is 24.2 Å².